The van der Waals surface area contributed by atoms with Crippen molar-refractivity contribution in [2.75, 3.05) is 11.7 Å². The molecule has 37 heavy (non-hydrogen) atoms. The number of fused-ring (bicyclic) bond motifs is 1. The molecule has 1 saturated heterocycles. The molecule has 188 valence electrons. The Kier molecular flexibility index (Phi) is 6.90. The van der Waals surface area contributed by atoms with Crippen molar-refractivity contribution in [3.63, 3.8) is 0 Å². The van der Waals surface area contributed by atoms with Gasteiger partial charge in [-0.2, -0.15) is 0 Å². The molecule has 0 aromatic heterocycles. The number of benzene rings is 3. The highest BCUT2D eigenvalue weighted by molar-refractivity contribution is 9.10. The van der Waals surface area contributed by atoms with Crippen molar-refractivity contribution in [3.8, 4) is 17.2 Å². The number of barbiturate groups is 1. The van der Waals surface area contributed by atoms with Crippen molar-refractivity contribution < 1.29 is 28.6 Å². The lowest BCUT2D eigenvalue weighted by molar-refractivity contribution is -0.122. The van der Waals surface area contributed by atoms with E-state index in [4.69, 9.17) is 25.8 Å². The zero-order valence-electron chi connectivity index (χ0n) is 19.5. The summed E-state index contributed by atoms with van der Waals surface area (Å²) in [5.41, 5.74) is 2.56. The minimum Gasteiger partial charge on any atom is -0.486 e. The molecule has 0 atom stereocenters. The molecule has 0 radical (unpaired) electrons. The van der Waals surface area contributed by atoms with Gasteiger partial charge >= 0.3 is 6.03 Å². The molecule has 0 bridgehead atoms. The van der Waals surface area contributed by atoms with Crippen LogP contribution in [-0.4, -0.2) is 24.6 Å². The Bertz CT molecular complexity index is 1430. The molecule has 3 aromatic rings. The van der Waals surface area contributed by atoms with Crippen LogP contribution in [0, 0.1) is 0 Å². The summed E-state index contributed by atoms with van der Waals surface area (Å²) in [5.74, 6) is 0.214. The third kappa shape index (κ3) is 5.05. The molecule has 3 aromatic carbocycles. The SMILES string of the molecule is CCc1ccc(N2C(=O)NC(=O)/C(=C/c3cc(Cl)c(OCc4ccc5c(c4)OCO5)c(Br)c3)C2=O)cc1. The minimum absolute atomic E-state index is 0.186. The number of hydrogen-bond donors (Lipinski definition) is 1. The van der Waals surface area contributed by atoms with Gasteiger partial charge in [-0.3, -0.25) is 14.9 Å². The number of aryl methyl sites for hydroxylation is 1. The summed E-state index contributed by atoms with van der Waals surface area (Å²) in [4.78, 5) is 39.1. The van der Waals surface area contributed by atoms with Gasteiger partial charge in [-0.15, -0.1) is 0 Å². The fourth-order valence-corrected chi connectivity index (χ4v) is 4.92. The molecule has 5 rings (SSSR count). The summed E-state index contributed by atoms with van der Waals surface area (Å²) in [6, 6.07) is 14.9. The Labute approximate surface area is 225 Å². The van der Waals surface area contributed by atoms with Crippen LogP contribution in [-0.2, 0) is 22.6 Å². The summed E-state index contributed by atoms with van der Waals surface area (Å²) >= 11 is 9.94. The summed E-state index contributed by atoms with van der Waals surface area (Å²) in [5, 5.41) is 2.50. The van der Waals surface area contributed by atoms with Crippen LogP contribution in [0.2, 0.25) is 5.02 Å². The van der Waals surface area contributed by atoms with E-state index in [1.165, 1.54) is 6.08 Å². The number of carbonyl (C=O) groups excluding carboxylic acids is 3. The third-order valence-electron chi connectivity index (χ3n) is 5.86. The topological polar surface area (TPSA) is 94.2 Å². The van der Waals surface area contributed by atoms with E-state index in [9.17, 15) is 14.4 Å². The minimum atomic E-state index is -0.803. The lowest BCUT2D eigenvalue weighted by atomic mass is 10.1. The van der Waals surface area contributed by atoms with Crippen LogP contribution >= 0.6 is 27.5 Å². The number of nitrogens with one attached hydrogen (secondary N) is 1. The van der Waals surface area contributed by atoms with Crippen molar-refractivity contribution in [1.82, 2.24) is 5.32 Å². The van der Waals surface area contributed by atoms with Gasteiger partial charge < -0.3 is 14.2 Å². The Morgan fingerprint density at radius 3 is 2.49 bits per heavy atom. The molecule has 0 aliphatic carbocycles. The molecule has 2 aliphatic heterocycles. The van der Waals surface area contributed by atoms with E-state index in [2.05, 4.69) is 21.2 Å². The number of carbonyl (C=O) groups is 3. The molecule has 10 heteroatoms. The second kappa shape index (κ2) is 10.3. The summed E-state index contributed by atoms with van der Waals surface area (Å²) in [6.45, 7) is 2.42. The first kappa shape index (κ1) is 24.9. The Morgan fingerprint density at radius 2 is 1.76 bits per heavy atom. The van der Waals surface area contributed by atoms with Gasteiger partial charge in [-0.1, -0.05) is 36.7 Å². The molecular formula is C27H20BrClN2O6. The highest BCUT2D eigenvalue weighted by atomic mass is 79.9. The summed E-state index contributed by atoms with van der Waals surface area (Å²) in [6.07, 6.45) is 2.20. The number of nitrogens with zero attached hydrogens (tertiary/aromatic N) is 1. The zero-order valence-corrected chi connectivity index (χ0v) is 21.9. The number of halogens is 2. The second-order valence-corrected chi connectivity index (χ2v) is 9.53. The molecule has 2 aliphatic rings. The lowest BCUT2D eigenvalue weighted by Gasteiger charge is -2.26. The first-order valence-corrected chi connectivity index (χ1v) is 12.5. The van der Waals surface area contributed by atoms with E-state index < -0.39 is 17.8 Å². The predicted molar refractivity (Wildman–Crippen MR) is 141 cm³/mol. The summed E-state index contributed by atoms with van der Waals surface area (Å²) in [7, 11) is 0. The Hall–Kier alpha value is -3.82. The van der Waals surface area contributed by atoms with Crippen LogP contribution in [0.25, 0.3) is 6.08 Å². The van der Waals surface area contributed by atoms with Crippen LogP contribution in [0.1, 0.15) is 23.6 Å². The number of ether oxygens (including phenoxy) is 3. The van der Waals surface area contributed by atoms with Crippen LogP contribution < -0.4 is 24.4 Å². The maximum absolute atomic E-state index is 13.2. The molecular weight excluding hydrogens is 564 g/mol. The predicted octanol–water partition coefficient (Wildman–Crippen LogP) is 5.64. The number of imide groups is 2. The van der Waals surface area contributed by atoms with Crippen LogP contribution in [0.3, 0.4) is 0 Å². The number of hydrogen-bond acceptors (Lipinski definition) is 6. The molecule has 2 heterocycles. The maximum Gasteiger partial charge on any atom is 0.335 e. The van der Waals surface area contributed by atoms with Crippen molar-refractivity contribution >= 4 is 57.1 Å². The van der Waals surface area contributed by atoms with E-state index in [0.717, 1.165) is 22.4 Å². The second-order valence-electron chi connectivity index (χ2n) is 8.27. The average Bonchev–Trinajstić information content (AvgIpc) is 3.34. The lowest BCUT2D eigenvalue weighted by Crippen LogP contribution is -2.54. The normalized spacial score (nSPS) is 15.8. The number of urea groups is 1. The van der Waals surface area contributed by atoms with Gasteiger partial charge in [0.25, 0.3) is 11.8 Å². The fourth-order valence-electron chi connectivity index (χ4n) is 3.93. The van der Waals surface area contributed by atoms with Gasteiger partial charge in [0.2, 0.25) is 6.79 Å². The van der Waals surface area contributed by atoms with Crippen molar-refractivity contribution in [1.29, 1.82) is 0 Å². The van der Waals surface area contributed by atoms with Gasteiger partial charge in [-0.05, 0) is 81.5 Å². The van der Waals surface area contributed by atoms with E-state index in [0.29, 0.717) is 33.0 Å². The summed E-state index contributed by atoms with van der Waals surface area (Å²) < 4.78 is 17.2. The molecule has 1 N–H and O–H groups in total. The third-order valence-corrected chi connectivity index (χ3v) is 6.73. The van der Waals surface area contributed by atoms with Crippen molar-refractivity contribution in [3.05, 3.63) is 86.4 Å². The van der Waals surface area contributed by atoms with Gasteiger partial charge in [-0.25, -0.2) is 9.69 Å². The number of anilines is 1. The monoisotopic (exact) mass is 582 g/mol. The van der Waals surface area contributed by atoms with Gasteiger partial charge in [0.05, 0.1) is 15.2 Å². The molecule has 4 amide bonds. The highest BCUT2D eigenvalue weighted by Gasteiger charge is 2.36. The first-order chi connectivity index (χ1) is 17.8. The number of rotatable bonds is 6. The number of amides is 4. The average molecular weight is 584 g/mol. The Balaban J connectivity index is 1.37. The van der Waals surface area contributed by atoms with Crippen molar-refractivity contribution in [2.24, 2.45) is 0 Å². The molecule has 0 spiro atoms. The van der Waals surface area contributed by atoms with Crippen LogP contribution in [0.5, 0.6) is 17.2 Å². The van der Waals surface area contributed by atoms with Crippen LogP contribution in [0.15, 0.2) is 64.6 Å². The van der Waals surface area contributed by atoms with Crippen LogP contribution in [0.4, 0.5) is 10.5 Å². The Morgan fingerprint density at radius 1 is 1.03 bits per heavy atom. The first-order valence-electron chi connectivity index (χ1n) is 11.3. The van der Waals surface area contributed by atoms with Gasteiger partial charge in [0.15, 0.2) is 17.2 Å². The quantitative estimate of drug-likeness (QED) is 0.298. The van der Waals surface area contributed by atoms with E-state index in [1.54, 1.807) is 24.3 Å². The molecule has 8 nitrogen and oxygen atoms in total. The molecule has 0 saturated carbocycles. The zero-order chi connectivity index (χ0) is 26.1. The van der Waals surface area contributed by atoms with Crippen molar-refractivity contribution in [2.45, 2.75) is 20.0 Å². The largest absolute Gasteiger partial charge is 0.486 e. The maximum atomic E-state index is 13.2. The smallest absolute Gasteiger partial charge is 0.335 e. The van der Waals surface area contributed by atoms with E-state index in [1.807, 2.05) is 37.3 Å². The van der Waals surface area contributed by atoms with E-state index in [-0.39, 0.29) is 24.0 Å². The standard InChI is InChI=1S/C27H20BrClN2O6/c1-2-15-3-6-18(7-4-15)31-26(33)19(25(32)30-27(31)34)9-17-10-20(28)24(21(29)11-17)35-13-16-5-8-22-23(12-16)37-14-36-22/h3-12H,2,13-14H2,1H3,(H,30,32,34)/b19-9-. The van der Waals surface area contributed by atoms with Gasteiger partial charge in [0, 0.05) is 0 Å². The highest BCUT2D eigenvalue weighted by Crippen LogP contribution is 2.37. The fraction of sp³-hybridized carbons (Fsp3) is 0.148. The molecule has 1 fully saturated rings. The van der Waals surface area contributed by atoms with Gasteiger partial charge in [0.1, 0.15) is 12.2 Å². The van der Waals surface area contributed by atoms with E-state index >= 15 is 0 Å². The molecule has 0 unspecified atom stereocenters.